The van der Waals surface area contributed by atoms with Crippen molar-refractivity contribution >= 4 is 39.7 Å². The molecule has 7 heteroatoms. The lowest BCUT2D eigenvalue weighted by Gasteiger charge is -2.11. The van der Waals surface area contributed by atoms with Crippen molar-refractivity contribution in [2.75, 3.05) is 5.32 Å². The van der Waals surface area contributed by atoms with Gasteiger partial charge in [-0.05, 0) is 30.4 Å². The van der Waals surface area contributed by atoms with Crippen molar-refractivity contribution in [2.24, 2.45) is 0 Å². The maximum Gasteiger partial charge on any atom is 0.349 e. The summed E-state index contributed by atoms with van der Waals surface area (Å²) < 4.78 is 5.18. The zero-order chi connectivity index (χ0) is 18.5. The van der Waals surface area contributed by atoms with Gasteiger partial charge in [0.05, 0.1) is 5.69 Å². The van der Waals surface area contributed by atoms with Gasteiger partial charge < -0.3 is 4.74 Å². The SMILES string of the molecule is CCc1ccc(-c2csc(NC(=O)C(C)OC(=O)c3cccs3)n2)cc1. The maximum absolute atomic E-state index is 12.2. The molecule has 1 atom stereocenters. The van der Waals surface area contributed by atoms with Crippen molar-refractivity contribution in [3.8, 4) is 11.3 Å². The van der Waals surface area contributed by atoms with Gasteiger partial charge in [-0.15, -0.1) is 22.7 Å². The van der Waals surface area contributed by atoms with E-state index in [1.165, 1.54) is 28.2 Å². The van der Waals surface area contributed by atoms with Gasteiger partial charge in [-0.3, -0.25) is 10.1 Å². The highest BCUT2D eigenvalue weighted by molar-refractivity contribution is 7.14. The molecule has 3 rings (SSSR count). The molecule has 0 spiro atoms. The number of thiazole rings is 1. The second-order valence-corrected chi connectivity index (χ2v) is 7.41. The summed E-state index contributed by atoms with van der Waals surface area (Å²) in [5.41, 5.74) is 3.06. The summed E-state index contributed by atoms with van der Waals surface area (Å²) in [6, 6.07) is 11.6. The van der Waals surface area contributed by atoms with Gasteiger partial charge in [0.2, 0.25) is 0 Å². The first-order valence-electron chi connectivity index (χ1n) is 8.17. The number of benzene rings is 1. The number of nitrogens with zero attached hydrogens (tertiary/aromatic N) is 1. The molecule has 0 bridgehead atoms. The van der Waals surface area contributed by atoms with Crippen molar-refractivity contribution in [1.29, 1.82) is 0 Å². The molecule has 0 fully saturated rings. The van der Waals surface area contributed by atoms with Gasteiger partial charge in [0.15, 0.2) is 11.2 Å². The number of nitrogens with one attached hydrogen (secondary N) is 1. The van der Waals surface area contributed by atoms with Crippen LogP contribution in [0.15, 0.2) is 47.2 Å². The Morgan fingerprint density at radius 2 is 1.96 bits per heavy atom. The number of carbonyl (C=O) groups is 2. The van der Waals surface area contributed by atoms with Crippen molar-refractivity contribution in [1.82, 2.24) is 4.98 Å². The minimum atomic E-state index is -0.902. The van der Waals surface area contributed by atoms with Crippen LogP contribution in [0.1, 0.15) is 29.1 Å². The lowest BCUT2D eigenvalue weighted by Crippen LogP contribution is -2.29. The topological polar surface area (TPSA) is 68.3 Å². The molecule has 0 aliphatic rings. The van der Waals surface area contributed by atoms with Crippen LogP contribution in [0.25, 0.3) is 11.3 Å². The van der Waals surface area contributed by atoms with Crippen LogP contribution < -0.4 is 5.32 Å². The number of aryl methyl sites for hydroxylation is 1. The van der Waals surface area contributed by atoms with E-state index in [4.69, 9.17) is 4.74 Å². The third kappa shape index (κ3) is 4.36. The summed E-state index contributed by atoms with van der Waals surface area (Å²) in [4.78, 5) is 29.0. The van der Waals surface area contributed by atoms with Gasteiger partial charge in [-0.1, -0.05) is 37.3 Å². The number of hydrogen-bond acceptors (Lipinski definition) is 6. The van der Waals surface area contributed by atoms with Crippen molar-refractivity contribution < 1.29 is 14.3 Å². The fourth-order valence-electron chi connectivity index (χ4n) is 2.25. The minimum absolute atomic E-state index is 0.405. The van der Waals surface area contributed by atoms with Crippen molar-refractivity contribution in [3.05, 3.63) is 57.6 Å². The normalized spacial score (nSPS) is 11.8. The smallest absolute Gasteiger partial charge is 0.349 e. The molecule has 2 heterocycles. The Kier molecular flexibility index (Phi) is 5.80. The predicted molar refractivity (Wildman–Crippen MR) is 105 cm³/mol. The zero-order valence-electron chi connectivity index (χ0n) is 14.4. The van der Waals surface area contributed by atoms with E-state index in [2.05, 4.69) is 29.4 Å². The van der Waals surface area contributed by atoms with Gasteiger partial charge in [-0.25, -0.2) is 9.78 Å². The molecule has 1 unspecified atom stereocenters. The summed E-state index contributed by atoms with van der Waals surface area (Å²) in [6.45, 7) is 3.65. The van der Waals surface area contributed by atoms with E-state index in [0.29, 0.717) is 10.0 Å². The quantitative estimate of drug-likeness (QED) is 0.628. The van der Waals surface area contributed by atoms with Gasteiger partial charge in [0, 0.05) is 10.9 Å². The second-order valence-electron chi connectivity index (χ2n) is 5.60. The van der Waals surface area contributed by atoms with E-state index in [0.717, 1.165) is 17.7 Å². The van der Waals surface area contributed by atoms with E-state index in [1.54, 1.807) is 24.4 Å². The number of hydrogen-bond donors (Lipinski definition) is 1. The molecule has 0 aliphatic heterocycles. The van der Waals surface area contributed by atoms with Crippen LogP contribution in [-0.2, 0) is 16.0 Å². The summed E-state index contributed by atoms with van der Waals surface area (Å²) in [7, 11) is 0. The third-order valence-electron chi connectivity index (χ3n) is 3.77. The molecule has 1 amide bonds. The molecule has 5 nitrogen and oxygen atoms in total. The zero-order valence-corrected chi connectivity index (χ0v) is 16.0. The molecule has 0 saturated carbocycles. The Labute approximate surface area is 159 Å². The average molecular weight is 386 g/mol. The number of aromatic nitrogens is 1. The first kappa shape index (κ1) is 18.3. The summed E-state index contributed by atoms with van der Waals surface area (Å²) in [5.74, 6) is -0.907. The first-order chi connectivity index (χ1) is 12.6. The van der Waals surface area contributed by atoms with Gasteiger partial charge in [-0.2, -0.15) is 0 Å². The van der Waals surface area contributed by atoms with E-state index >= 15 is 0 Å². The van der Waals surface area contributed by atoms with Crippen molar-refractivity contribution in [3.63, 3.8) is 0 Å². The Bertz CT molecular complexity index is 886. The van der Waals surface area contributed by atoms with E-state index in [-0.39, 0.29) is 0 Å². The second kappa shape index (κ2) is 8.25. The predicted octanol–water partition coefficient (Wildman–Crippen LogP) is 4.62. The standard InChI is InChI=1S/C19H18N2O3S2/c1-3-13-6-8-14(9-7-13)15-11-26-19(20-15)21-17(22)12(2)24-18(23)16-5-4-10-25-16/h4-12H,3H2,1-2H3,(H,20,21,22). The Morgan fingerprint density at radius 3 is 2.62 bits per heavy atom. The Hall–Kier alpha value is -2.51. The number of carbonyl (C=O) groups excluding carboxylic acids is 2. The van der Waals surface area contributed by atoms with Gasteiger partial charge >= 0.3 is 5.97 Å². The number of anilines is 1. The Balaban J connectivity index is 1.60. The highest BCUT2D eigenvalue weighted by atomic mass is 32.1. The van der Waals surface area contributed by atoms with Crippen LogP contribution in [-0.4, -0.2) is 23.0 Å². The van der Waals surface area contributed by atoms with E-state index in [1.807, 2.05) is 17.5 Å². The molecule has 0 radical (unpaired) electrons. The van der Waals surface area contributed by atoms with Crippen LogP contribution in [0.5, 0.6) is 0 Å². The lowest BCUT2D eigenvalue weighted by atomic mass is 10.1. The van der Waals surface area contributed by atoms with Crippen LogP contribution in [0.4, 0.5) is 5.13 Å². The fourth-order valence-corrected chi connectivity index (χ4v) is 3.58. The summed E-state index contributed by atoms with van der Waals surface area (Å²) in [5, 5.41) is 6.85. The van der Waals surface area contributed by atoms with Crippen LogP contribution in [0, 0.1) is 0 Å². The maximum atomic E-state index is 12.2. The number of thiophene rings is 1. The molecule has 134 valence electrons. The van der Waals surface area contributed by atoms with Crippen molar-refractivity contribution in [2.45, 2.75) is 26.4 Å². The summed E-state index contributed by atoms with van der Waals surface area (Å²) >= 11 is 2.61. The van der Waals surface area contributed by atoms with Crippen LogP contribution >= 0.6 is 22.7 Å². The molecular weight excluding hydrogens is 368 g/mol. The van der Waals surface area contributed by atoms with Gasteiger partial charge in [0.25, 0.3) is 5.91 Å². The van der Waals surface area contributed by atoms with E-state index < -0.39 is 18.0 Å². The molecule has 2 aromatic heterocycles. The molecule has 1 N–H and O–H groups in total. The third-order valence-corrected chi connectivity index (χ3v) is 5.38. The molecule has 0 aliphatic carbocycles. The average Bonchev–Trinajstić information content (AvgIpc) is 3.34. The van der Waals surface area contributed by atoms with Crippen LogP contribution in [0.3, 0.4) is 0 Å². The fraction of sp³-hybridized carbons (Fsp3) is 0.211. The largest absolute Gasteiger partial charge is 0.448 e. The van der Waals surface area contributed by atoms with E-state index in [9.17, 15) is 9.59 Å². The minimum Gasteiger partial charge on any atom is -0.448 e. The molecule has 26 heavy (non-hydrogen) atoms. The molecule has 1 aromatic carbocycles. The summed E-state index contributed by atoms with van der Waals surface area (Å²) in [6.07, 6.45) is 0.0848. The number of ether oxygens (including phenoxy) is 1. The first-order valence-corrected chi connectivity index (χ1v) is 9.93. The highest BCUT2D eigenvalue weighted by Gasteiger charge is 2.20. The number of amides is 1. The molecular formula is C19H18N2O3S2. The number of esters is 1. The Morgan fingerprint density at radius 1 is 1.19 bits per heavy atom. The highest BCUT2D eigenvalue weighted by Crippen LogP contribution is 2.25. The lowest BCUT2D eigenvalue weighted by molar-refractivity contribution is -0.123. The van der Waals surface area contributed by atoms with Crippen LogP contribution in [0.2, 0.25) is 0 Å². The molecule has 3 aromatic rings. The van der Waals surface area contributed by atoms with Gasteiger partial charge in [0.1, 0.15) is 4.88 Å². The molecule has 0 saturated heterocycles. The monoisotopic (exact) mass is 386 g/mol. The number of rotatable bonds is 6.